The second-order valence-corrected chi connectivity index (χ2v) is 4.30. The summed E-state index contributed by atoms with van der Waals surface area (Å²) in [6, 6.07) is 9.79. The largest absolute Gasteiger partial charge is 0.497 e. The van der Waals surface area contributed by atoms with Crippen LogP contribution in [0.1, 0.15) is 20.8 Å². The predicted molar refractivity (Wildman–Crippen MR) is 76.9 cm³/mol. The summed E-state index contributed by atoms with van der Waals surface area (Å²) in [6.45, 7) is 0. The molecule has 1 aromatic carbocycles. The third kappa shape index (κ3) is 3.17. The van der Waals surface area contributed by atoms with Gasteiger partial charge in [-0.3, -0.25) is 9.78 Å². The lowest BCUT2D eigenvalue weighted by atomic mass is 10.2. The number of ether oxygens (including phenoxy) is 1. The van der Waals surface area contributed by atoms with E-state index in [1.165, 1.54) is 17.0 Å². The van der Waals surface area contributed by atoms with Crippen molar-refractivity contribution in [1.29, 1.82) is 0 Å². The smallest absolute Gasteiger partial charge is 0.337 e. The van der Waals surface area contributed by atoms with E-state index >= 15 is 0 Å². The number of carboxylic acid groups (broad SMARTS) is 1. The van der Waals surface area contributed by atoms with Gasteiger partial charge in [0.05, 0.1) is 12.7 Å². The molecule has 0 bridgehead atoms. The summed E-state index contributed by atoms with van der Waals surface area (Å²) in [4.78, 5) is 28.4. The second-order valence-electron chi connectivity index (χ2n) is 4.30. The van der Waals surface area contributed by atoms with E-state index in [1.807, 2.05) is 0 Å². The Morgan fingerprint density at radius 3 is 2.57 bits per heavy atom. The molecule has 0 radical (unpaired) electrons. The zero-order valence-corrected chi connectivity index (χ0v) is 11.6. The van der Waals surface area contributed by atoms with E-state index in [0.717, 1.165) is 6.20 Å². The molecule has 0 atom stereocenters. The minimum atomic E-state index is -1.08. The van der Waals surface area contributed by atoms with Crippen LogP contribution in [-0.2, 0) is 0 Å². The van der Waals surface area contributed by atoms with Crippen molar-refractivity contribution in [2.75, 3.05) is 19.1 Å². The lowest BCUT2D eigenvalue weighted by molar-refractivity contribution is 0.0695. The normalized spacial score (nSPS) is 10.0. The fourth-order valence-corrected chi connectivity index (χ4v) is 1.76. The van der Waals surface area contributed by atoms with Gasteiger partial charge in [0.2, 0.25) is 0 Å². The molecule has 1 aromatic heterocycles. The van der Waals surface area contributed by atoms with Crippen molar-refractivity contribution in [2.24, 2.45) is 0 Å². The summed E-state index contributed by atoms with van der Waals surface area (Å²) in [5, 5.41) is 8.81. The number of benzene rings is 1. The van der Waals surface area contributed by atoms with Crippen LogP contribution in [0.3, 0.4) is 0 Å². The number of aromatic carboxylic acids is 1. The van der Waals surface area contributed by atoms with Gasteiger partial charge >= 0.3 is 5.97 Å². The summed E-state index contributed by atoms with van der Waals surface area (Å²) in [6.07, 6.45) is 1.16. The summed E-state index contributed by atoms with van der Waals surface area (Å²) >= 11 is 0. The van der Waals surface area contributed by atoms with E-state index in [9.17, 15) is 9.59 Å². The Hall–Kier alpha value is -2.89. The first-order valence-corrected chi connectivity index (χ1v) is 6.14. The highest BCUT2D eigenvalue weighted by atomic mass is 16.5. The molecule has 0 aliphatic carbocycles. The maximum absolute atomic E-state index is 12.3. The number of amides is 1. The molecular weight excluding hydrogens is 272 g/mol. The number of nitrogens with zero attached hydrogens (tertiary/aromatic N) is 2. The van der Waals surface area contributed by atoms with Crippen molar-refractivity contribution in [1.82, 2.24) is 4.98 Å². The molecule has 0 fully saturated rings. The summed E-state index contributed by atoms with van der Waals surface area (Å²) < 4.78 is 5.11. The monoisotopic (exact) mass is 286 g/mol. The van der Waals surface area contributed by atoms with Crippen LogP contribution in [0.4, 0.5) is 5.69 Å². The molecule has 6 nitrogen and oxygen atoms in total. The average Bonchev–Trinajstić information content (AvgIpc) is 2.53. The molecule has 0 spiro atoms. The number of anilines is 1. The van der Waals surface area contributed by atoms with Gasteiger partial charge in [-0.2, -0.15) is 0 Å². The maximum Gasteiger partial charge on any atom is 0.337 e. The van der Waals surface area contributed by atoms with Crippen LogP contribution in [0, 0.1) is 0 Å². The maximum atomic E-state index is 12.3. The first-order valence-electron chi connectivity index (χ1n) is 6.14. The number of carboxylic acids is 1. The van der Waals surface area contributed by atoms with Gasteiger partial charge in [0.15, 0.2) is 0 Å². The number of hydrogen-bond donors (Lipinski definition) is 1. The highest BCUT2D eigenvalue weighted by Gasteiger charge is 2.16. The molecule has 0 aliphatic rings. The third-order valence-corrected chi connectivity index (χ3v) is 2.97. The van der Waals surface area contributed by atoms with Gasteiger partial charge in [0.25, 0.3) is 5.91 Å². The molecule has 0 unspecified atom stereocenters. The molecule has 1 N–H and O–H groups in total. The van der Waals surface area contributed by atoms with Crippen LogP contribution in [0.5, 0.6) is 5.75 Å². The van der Waals surface area contributed by atoms with Crippen molar-refractivity contribution in [3.63, 3.8) is 0 Å². The number of hydrogen-bond acceptors (Lipinski definition) is 4. The Labute approximate surface area is 121 Å². The van der Waals surface area contributed by atoms with E-state index in [0.29, 0.717) is 11.4 Å². The quantitative estimate of drug-likeness (QED) is 0.930. The molecule has 0 saturated heterocycles. The Kier molecular flexibility index (Phi) is 4.18. The Morgan fingerprint density at radius 1 is 1.24 bits per heavy atom. The fourth-order valence-electron chi connectivity index (χ4n) is 1.76. The molecule has 6 heteroatoms. The molecule has 0 saturated carbocycles. The highest BCUT2D eigenvalue weighted by Crippen LogP contribution is 2.21. The molecule has 2 rings (SSSR count). The Bertz CT molecular complexity index is 668. The minimum absolute atomic E-state index is 0.0376. The minimum Gasteiger partial charge on any atom is -0.497 e. The Balaban J connectivity index is 2.23. The zero-order chi connectivity index (χ0) is 15.4. The van der Waals surface area contributed by atoms with Crippen molar-refractivity contribution >= 4 is 17.6 Å². The van der Waals surface area contributed by atoms with Crippen LogP contribution >= 0.6 is 0 Å². The lowest BCUT2D eigenvalue weighted by Crippen LogP contribution is -2.27. The van der Waals surface area contributed by atoms with Gasteiger partial charge in [-0.1, -0.05) is 6.07 Å². The van der Waals surface area contributed by atoms with Crippen molar-refractivity contribution in [3.05, 3.63) is 53.9 Å². The molecular formula is C15H14N2O4. The van der Waals surface area contributed by atoms with Gasteiger partial charge in [0.1, 0.15) is 11.4 Å². The second kappa shape index (κ2) is 6.04. The fraction of sp³-hybridized carbons (Fsp3) is 0.133. The lowest BCUT2D eigenvalue weighted by Gasteiger charge is -2.17. The number of pyridine rings is 1. The van der Waals surface area contributed by atoms with Crippen molar-refractivity contribution < 1.29 is 19.4 Å². The summed E-state index contributed by atoms with van der Waals surface area (Å²) in [7, 11) is 3.16. The average molecular weight is 286 g/mol. The number of rotatable bonds is 4. The first-order chi connectivity index (χ1) is 10.0. The number of methoxy groups -OCH3 is 1. The van der Waals surface area contributed by atoms with Crippen LogP contribution in [0.15, 0.2) is 42.6 Å². The van der Waals surface area contributed by atoms with Crippen LogP contribution in [-0.4, -0.2) is 36.1 Å². The van der Waals surface area contributed by atoms with Gasteiger partial charge in [0, 0.05) is 25.0 Å². The summed E-state index contributed by atoms with van der Waals surface area (Å²) in [5.74, 6) is -0.774. The molecule has 1 heterocycles. The molecule has 108 valence electrons. The van der Waals surface area contributed by atoms with E-state index in [2.05, 4.69) is 4.98 Å². The highest BCUT2D eigenvalue weighted by molar-refractivity contribution is 6.04. The summed E-state index contributed by atoms with van der Waals surface area (Å²) in [5.41, 5.74) is 0.865. The first kappa shape index (κ1) is 14.5. The van der Waals surface area contributed by atoms with Crippen LogP contribution < -0.4 is 9.64 Å². The van der Waals surface area contributed by atoms with Gasteiger partial charge in [-0.15, -0.1) is 0 Å². The third-order valence-electron chi connectivity index (χ3n) is 2.97. The van der Waals surface area contributed by atoms with Crippen molar-refractivity contribution in [3.8, 4) is 5.75 Å². The van der Waals surface area contributed by atoms with E-state index in [-0.39, 0.29) is 17.2 Å². The topological polar surface area (TPSA) is 79.7 Å². The van der Waals surface area contributed by atoms with E-state index < -0.39 is 5.97 Å². The zero-order valence-electron chi connectivity index (χ0n) is 11.6. The number of carbonyl (C=O) groups excluding carboxylic acids is 1. The molecule has 21 heavy (non-hydrogen) atoms. The van der Waals surface area contributed by atoms with Gasteiger partial charge in [-0.25, -0.2) is 4.79 Å². The standard InChI is InChI=1S/C15H14N2O4/c1-17(11-4-3-5-12(8-11)21-2)14(18)13-7-6-10(9-16-13)15(19)20/h3-9H,1-2H3,(H,19,20). The van der Waals surface area contributed by atoms with Gasteiger partial charge < -0.3 is 14.7 Å². The molecule has 1 amide bonds. The number of carbonyl (C=O) groups is 2. The molecule has 2 aromatic rings. The van der Waals surface area contributed by atoms with Crippen LogP contribution in [0.2, 0.25) is 0 Å². The van der Waals surface area contributed by atoms with E-state index in [1.54, 1.807) is 38.4 Å². The van der Waals surface area contributed by atoms with Crippen LogP contribution in [0.25, 0.3) is 0 Å². The number of aromatic nitrogens is 1. The molecule has 0 aliphatic heterocycles. The van der Waals surface area contributed by atoms with Crippen molar-refractivity contribution in [2.45, 2.75) is 0 Å². The van der Waals surface area contributed by atoms with E-state index in [4.69, 9.17) is 9.84 Å². The van der Waals surface area contributed by atoms with Gasteiger partial charge in [-0.05, 0) is 24.3 Å². The SMILES string of the molecule is COc1cccc(N(C)C(=O)c2ccc(C(=O)O)cn2)c1. The predicted octanol–water partition coefficient (Wildman–Crippen LogP) is 2.06. The Morgan fingerprint density at radius 2 is 2.00 bits per heavy atom.